The normalized spacial score (nSPS) is 40.0. The number of aliphatic carboxylic acids is 1. The van der Waals surface area contributed by atoms with Crippen LogP contribution >= 0.6 is 0 Å². The molecule has 4 saturated carbocycles. The molecule has 0 amide bonds. The lowest BCUT2D eigenvalue weighted by Gasteiger charge is -2.59. The fourth-order valence-corrected chi connectivity index (χ4v) is 8.59. The maximum Gasteiger partial charge on any atom is 0.303 e. The molecule has 1 N–H and O–H groups in total. The molecule has 33 heavy (non-hydrogen) atoms. The van der Waals surface area contributed by atoms with E-state index in [-0.39, 0.29) is 29.0 Å². The molecule has 4 nitrogen and oxygen atoms in total. The van der Waals surface area contributed by atoms with E-state index in [2.05, 4.69) is 47.1 Å². The zero-order valence-electron chi connectivity index (χ0n) is 21.2. The van der Waals surface area contributed by atoms with Crippen LogP contribution in [0.5, 0.6) is 0 Å². The van der Waals surface area contributed by atoms with Crippen LogP contribution in [0.2, 0.25) is 0 Å². The highest BCUT2D eigenvalue weighted by Crippen LogP contribution is 2.67. The molecule has 4 fully saturated rings. The van der Waals surface area contributed by atoms with E-state index in [1.807, 2.05) is 0 Å². The molecule has 0 spiro atoms. The van der Waals surface area contributed by atoms with Crippen LogP contribution in [-0.4, -0.2) is 22.6 Å². The molecule has 0 radical (unpaired) electrons. The third-order valence-corrected chi connectivity index (χ3v) is 10.1. The second-order valence-electron chi connectivity index (χ2n) is 11.3. The van der Waals surface area contributed by atoms with Crippen LogP contribution in [0.1, 0.15) is 91.4 Å². The average molecular weight is 459 g/mol. The van der Waals surface area contributed by atoms with Crippen molar-refractivity contribution >= 4 is 17.5 Å². The minimum absolute atomic E-state index is 0.0264. The minimum atomic E-state index is -0.692. The standard InChI is InChI=1S/C25H38O4.2C2H4/c1-15(5-4-6-23(28)29)18-7-8-19-17-14-22(27)21-13-16(26)9-11-25(21,3)20(17)10-12-24(18,19)2;2*1-2/h15,17-21H,4-14H2,1-3H3,(H,28,29);2*1-2H2/t15-,17+,18-,19+,20+,21-,24-,25-;;/m1../s1. The maximum absolute atomic E-state index is 13.1. The number of fused-ring (bicyclic) bond motifs is 5. The number of hydrogen-bond donors (Lipinski definition) is 1. The molecule has 186 valence electrons. The lowest BCUT2D eigenvalue weighted by atomic mass is 9.44. The van der Waals surface area contributed by atoms with Crippen LogP contribution in [0.3, 0.4) is 0 Å². The third-order valence-electron chi connectivity index (χ3n) is 10.1. The zero-order chi connectivity index (χ0) is 25.0. The summed E-state index contributed by atoms with van der Waals surface area (Å²) in [6.45, 7) is 19.1. The van der Waals surface area contributed by atoms with Crippen molar-refractivity contribution in [3.05, 3.63) is 26.3 Å². The quantitative estimate of drug-likeness (QED) is 0.455. The zero-order valence-corrected chi connectivity index (χ0v) is 21.2. The van der Waals surface area contributed by atoms with Crippen LogP contribution < -0.4 is 0 Å². The highest BCUT2D eigenvalue weighted by atomic mass is 16.4. The van der Waals surface area contributed by atoms with Gasteiger partial charge in [-0.1, -0.05) is 20.8 Å². The van der Waals surface area contributed by atoms with Crippen LogP contribution in [0, 0.1) is 46.3 Å². The average Bonchev–Trinajstić information content (AvgIpc) is 3.15. The number of carbonyl (C=O) groups excluding carboxylic acids is 2. The Morgan fingerprint density at radius 1 is 1.00 bits per heavy atom. The number of rotatable bonds is 5. The van der Waals surface area contributed by atoms with Crippen LogP contribution in [-0.2, 0) is 14.4 Å². The first-order chi connectivity index (χ1) is 15.7. The first-order valence-electron chi connectivity index (χ1n) is 12.9. The Balaban J connectivity index is 0.000000914. The fourth-order valence-electron chi connectivity index (χ4n) is 8.59. The highest BCUT2D eigenvalue weighted by molar-refractivity contribution is 5.90. The van der Waals surface area contributed by atoms with Crippen molar-refractivity contribution in [1.29, 1.82) is 0 Å². The predicted molar refractivity (Wildman–Crippen MR) is 134 cm³/mol. The van der Waals surface area contributed by atoms with E-state index in [1.54, 1.807) is 0 Å². The van der Waals surface area contributed by atoms with Gasteiger partial charge < -0.3 is 5.11 Å². The Kier molecular flexibility index (Phi) is 9.30. The summed E-state index contributed by atoms with van der Waals surface area (Å²) >= 11 is 0. The monoisotopic (exact) mass is 458 g/mol. The van der Waals surface area contributed by atoms with Crippen molar-refractivity contribution in [2.75, 3.05) is 0 Å². The Labute approximate surface area is 201 Å². The van der Waals surface area contributed by atoms with Crippen LogP contribution in [0.15, 0.2) is 26.3 Å². The summed E-state index contributed by atoms with van der Waals surface area (Å²) in [7, 11) is 0. The number of carbonyl (C=O) groups is 3. The Hall–Kier alpha value is -1.71. The minimum Gasteiger partial charge on any atom is -0.481 e. The van der Waals surface area contributed by atoms with E-state index < -0.39 is 5.97 Å². The summed E-state index contributed by atoms with van der Waals surface area (Å²) in [5.74, 6) is 2.84. The fraction of sp³-hybridized carbons (Fsp3) is 0.759. The molecule has 0 heterocycles. The number of hydrogen-bond acceptors (Lipinski definition) is 3. The van der Waals surface area contributed by atoms with Crippen molar-refractivity contribution in [3.8, 4) is 0 Å². The topological polar surface area (TPSA) is 71.4 Å². The lowest BCUT2D eigenvalue weighted by Crippen LogP contribution is -2.56. The van der Waals surface area contributed by atoms with Gasteiger partial charge in [-0.25, -0.2) is 0 Å². The summed E-state index contributed by atoms with van der Waals surface area (Å²) < 4.78 is 0. The van der Waals surface area contributed by atoms with E-state index in [9.17, 15) is 14.4 Å². The van der Waals surface area contributed by atoms with Gasteiger partial charge in [0.25, 0.3) is 0 Å². The lowest BCUT2D eigenvalue weighted by molar-refractivity contribution is -0.159. The molecule has 4 heteroatoms. The van der Waals surface area contributed by atoms with Crippen molar-refractivity contribution < 1.29 is 19.5 Å². The van der Waals surface area contributed by atoms with E-state index in [4.69, 9.17) is 5.11 Å². The summed E-state index contributed by atoms with van der Waals surface area (Å²) in [6, 6.07) is 0. The molecule has 0 saturated heterocycles. The van der Waals surface area contributed by atoms with Crippen molar-refractivity contribution in [1.82, 2.24) is 0 Å². The first-order valence-corrected chi connectivity index (χ1v) is 12.9. The maximum atomic E-state index is 13.1. The van der Waals surface area contributed by atoms with E-state index >= 15 is 0 Å². The van der Waals surface area contributed by atoms with Gasteiger partial charge in [0.15, 0.2) is 0 Å². The van der Waals surface area contributed by atoms with Gasteiger partial charge in [-0.3, -0.25) is 14.4 Å². The molecule has 0 unspecified atom stereocenters. The molecule has 0 bridgehead atoms. The van der Waals surface area contributed by atoms with Crippen LogP contribution in [0.4, 0.5) is 0 Å². The van der Waals surface area contributed by atoms with Gasteiger partial charge in [0.1, 0.15) is 11.6 Å². The van der Waals surface area contributed by atoms with E-state index in [1.165, 1.54) is 25.7 Å². The molecule has 0 aromatic heterocycles. The van der Waals surface area contributed by atoms with Gasteiger partial charge in [-0.2, -0.15) is 0 Å². The Bertz CT molecular complexity index is 727. The van der Waals surface area contributed by atoms with E-state index in [0.29, 0.717) is 54.6 Å². The molecule has 4 aliphatic carbocycles. The molecular weight excluding hydrogens is 412 g/mol. The number of Topliss-reactive ketones (excluding diaryl/α,β-unsaturated/α-hetero) is 2. The van der Waals surface area contributed by atoms with Crippen molar-refractivity contribution in [3.63, 3.8) is 0 Å². The largest absolute Gasteiger partial charge is 0.481 e. The van der Waals surface area contributed by atoms with Crippen molar-refractivity contribution in [2.24, 2.45) is 46.3 Å². The summed E-state index contributed by atoms with van der Waals surface area (Å²) in [4.78, 5) is 36.1. The second-order valence-corrected chi connectivity index (χ2v) is 11.3. The molecule has 4 aliphatic rings. The Morgan fingerprint density at radius 2 is 1.64 bits per heavy atom. The predicted octanol–water partition coefficient (Wildman–Crippen LogP) is 6.89. The summed E-state index contributed by atoms with van der Waals surface area (Å²) in [5.41, 5.74) is 0.318. The first kappa shape index (κ1) is 27.5. The molecule has 8 atom stereocenters. The van der Waals surface area contributed by atoms with Gasteiger partial charge in [0.2, 0.25) is 0 Å². The van der Waals surface area contributed by atoms with E-state index in [0.717, 1.165) is 19.3 Å². The molecule has 0 aliphatic heterocycles. The van der Waals surface area contributed by atoms with Gasteiger partial charge in [-0.05, 0) is 85.4 Å². The van der Waals surface area contributed by atoms with Crippen LogP contribution in [0.25, 0.3) is 0 Å². The SMILES string of the molecule is C=C.C=C.C[C@H](CCCC(=O)O)[C@H]1CC[C@H]2[C@@H]3CC(=O)[C@H]4CC(=O)CC[C@]4(C)[C@H]3CC[C@]12C. The number of ketones is 2. The third kappa shape index (κ3) is 5.05. The summed E-state index contributed by atoms with van der Waals surface area (Å²) in [6.07, 6.45) is 9.67. The smallest absolute Gasteiger partial charge is 0.303 e. The van der Waals surface area contributed by atoms with Gasteiger partial charge in [-0.15, -0.1) is 26.3 Å². The second kappa shape index (κ2) is 11.1. The molecule has 0 aromatic rings. The van der Waals surface area contributed by atoms with Gasteiger partial charge >= 0.3 is 5.97 Å². The number of carboxylic acids is 1. The highest BCUT2D eigenvalue weighted by Gasteiger charge is 2.62. The Morgan fingerprint density at radius 3 is 2.27 bits per heavy atom. The van der Waals surface area contributed by atoms with Gasteiger partial charge in [0, 0.05) is 31.6 Å². The van der Waals surface area contributed by atoms with Crippen molar-refractivity contribution in [2.45, 2.75) is 91.4 Å². The molecular formula is C29H46O4. The van der Waals surface area contributed by atoms with Gasteiger partial charge in [0.05, 0.1) is 0 Å². The summed E-state index contributed by atoms with van der Waals surface area (Å²) in [5, 5.41) is 8.97. The number of carboxylic acid groups (broad SMARTS) is 1. The molecule has 4 rings (SSSR count). The molecule has 0 aromatic carbocycles.